The molecule has 0 aliphatic carbocycles. The monoisotopic (exact) mass is 313 g/mol. The number of nitrogens with zero attached hydrogens (tertiary/aromatic N) is 5. The van der Waals surface area contributed by atoms with Gasteiger partial charge in [0.25, 0.3) is 0 Å². The van der Waals surface area contributed by atoms with E-state index in [-0.39, 0.29) is 18.3 Å². The van der Waals surface area contributed by atoms with Gasteiger partial charge in [-0.2, -0.15) is 0 Å². The molecule has 1 N–H and O–H groups in total. The van der Waals surface area contributed by atoms with Gasteiger partial charge in [-0.1, -0.05) is 11.8 Å². The summed E-state index contributed by atoms with van der Waals surface area (Å²) in [6, 6.07) is 0. The van der Waals surface area contributed by atoms with Crippen molar-refractivity contribution in [2.45, 2.75) is 11.7 Å². The van der Waals surface area contributed by atoms with Gasteiger partial charge in [-0.05, 0) is 0 Å². The summed E-state index contributed by atoms with van der Waals surface area (Å²) >= 11 is 2.82. The van der Waals surface area contributed by atoms with Crippen LogP contribution in [0.4, 0.5) is 0 Å². The molecule has 108 valence electrons. The number of amides is 1. The zero-order valence-corrected chi connectivity index (χ0v) is 12.6. The Morgan fingerprint density at radius 1 is 1.60 bits per heavy atom. The van der Waals surface area contributed by atoms with E-state index in [1.807, 2.05) is 12.4 Å². The molecule has 2 aromatic heterocycles. The molecule has 9 heteroatoms. The van der Waals surface area contributed by atoms with E-state index in [4.69, 9.17) is 5.11 Å². The maximum absolute atomic E-state index is 12.2. The zero-order valence-electron chi connectivity index (χ0n) is 11.0. The van der Waals surface area contributed by atoms with E-state index in [9.17, 15) is 4.79 Å². The lowest BCUT2D eigenvalue weighted by Gasteiger charge is -2.20. The Morgan fingerprint density at radius 2 is 2.45 bits per heavy atom. The first-order chi connectivity index (χ1) is 9.70. The molecule has 20 heavy (non-hydrogen) atoms. The number of aryl methyl sites for hydroxylation is 1. The third kappa shape index (κ3) is 4.02. The predicted octanol–water partition coefficient (Wildman–Crippen LogP) is 0.385. The van der Waals surface area contributed by atoms with Crippen LogP contribution >= 0.6 is 23.1 Å². The van der Waals surface area contributed by atoms with Crippen LogP contribution in [0.15, 0.2) is 23.1 Å². The van der Waals surface area contributed by atoms with Crippen molar-refractivity contribution in [1.29, 1.82) is 0 Å². The van der Waals surface area contributed by atoms with E-state index < -0.39 is 0 Å². The molecule has 2 aromatic rings. The molecule has 0 saturated carbocycles. The highest BCUT2D eigenvalue weighted by Gasteiger charge is 2.16. The Labute approximate surface area is 124 Å². The summed E-state index contributed by atoms with van der Waals surface area (Å²) in [5.41, 5.74) is 0. The van der Waals surface area contributed by atoms with Crippen molar-refractivity contribution in [3.8, 4) is 0 Å². The quantitative estimate of drug-likeness (QED) is 0.744. The predicted molar refractivity (Wildman–Crippen MR) is 76.3 cm³/mol. The Kier molecular flexibility index (Phi) is 5.50. The molecule has 0 aromatic carbocycles. The van der Waals surface area contributed by atoms with Crippen molar-refractivity contribution in [3.63, 3.8) is 0 Å². The summed E-state index contributed by atoms with van der Waals surface area (Å²) in [6.45, 7) is 0.667. The second-order valence-electron chi connectivity index (χ2n) is 3.98. The van der Waals surface area contributed by atoms with Crippen LogP contribution in [-0.2, 0) is 18.4 Å². The second kappa shape index (κ2) is 7.36. The van der Waals surface area contributed by atoms with Gasteiger partial charge in [-0.3, -0.25) is 4.79 Å². The van der Waals surface area contributed by atoms with E-state index >= 15 is 0 Å². The van der Waals surface area contributed by atoms with Gasteiger partial charge < -0.3 is 14.6 Å². The Hall–Kier alpha value is -1.45. The fourth-order valence-corrected chi connectivity index (χ4v) is 2.95. The van der Waals surface area contributed by atoms with Crippen LogP contribution in [0.1, 0.15) is 5.01 Å². The third-order valence-corrected chi connectivity index (χ3v) is 4.31. The molecule has 2 heterocycles. The number of hydrogen-bond acceptors (Lipinski definition) is 7. The molecule has 7 nitrogen and oxygen atoms in total. The Balaban J connectivity index is 1.91. The second-order valence-corrected chi connectivity index (χ2v) is 5.90. The molecule has 1 amide bonds. The topological polar surface area (TPSA) is 84.1 Å². The van der Waals surface area contributed by atoms with Crippen LogP contribution < -0.4 is 0 Å². The van der Waals surface area contributed by atoms with Crippen molar-refractivity contribution in [2.24, 2.45) is 7.05 Å². The zero-order chi connectivity index (χ0) is 14.4. The number of carbonyl (C=O) groups excluding carboxylic acids is 1. The summed E-state index contributed by atoms with van der Waals surface area (Å²) in [6.07, 6.45) is 3.30. The highest BCUT2D eigenvalue weighted by atomic mass is 32.2. The molecule has 0 unspecified atom stereocenters. The number of carbonyl (C=O) groups is 1. The fourth-order valence-electron chi connectivity index (χ4n) is 1.53. The van der Waals surface area contributed by atoms with E-state index in [1.165, 1.54) is 23.1 Å². The van der Waals surface area contributed by atoms with Gasteiger partial charge in [0.05, 0.1) is 18.9 Å². The van der Waals surface area contributed by atoms with Gasteiger partial charge in [0, 0.05) is 25.2 Å². The average Bonchev–Trinajstić information content (AvgIpc) is 3.07. The minimum Gasteiger partial charge on any atom is -0.395 e. The average molecular weight is 313 g/mol. The molecular weight excluding hydrogens is 298 g/mol. The van der Waals surface area contributed by atoms with Crippen molar-refractivity contribution >= 4 is 29.0 Å². The highest BCUT2D eigenvalue weighted by molar-refractivity contribution is 7.99. The molecule has 0 atom stereocenters. The van der Waals surface area contributed by atoms with E-state index in [0.717, 1.165) is 5.01 Å². The number of aliphatic hydroxyl groups excluding tert-OH is 1. The van der Waals surface area contributed by atoms with Crippen LogP contribution in [0, 0.1) is 0 Å². The summed E-state index contributed by atoms with van der Waals surface area (Å²) in [4.78, 5) is 17.9. The largest absolute Gasteiger partial charge is 0.395 e. The van der Waals surface area contributed by atoms with Gasteiger partial charge in [-0.25, -0.2) is 4.98 Å². The minimum absolute atomic E-state index is 0.0535. The lowest BCUT2D eigenvalue weighted by molar-refractivity contribution is -0.129. The molecule has 0 aliphatic rings. The summed E-state index contributed by atoms with van der Waals surface area (Å²) in [7, 11) is 1.83. The van der Waals surface area contributed by atoms with E-state index in [1.54, 1.807) is 22.0 Å². The summed E-state index contributed by atoms with van der Waals surface area (Å²) < 4.78 is 1.76. The summed E-state index contributed by atoms with van der Waals surface area (Å²) in [5, 5.41) is 20.2. The van der Waals surface area contributed by atoms with E-state index in [2.05, 4.69) is 15.2 Å². The van der Waals surface area contributed by atoms with Crippen LogP contribution in [0.3, 0.4) is 0 Å². The molecule has 0 fully saturated rings. The fraction of sp³-hybridized carbons (Fsp3) is 0.455. The lowest BCUT2D eigenvalue weighted by Crippen LogP contribution is -2.34. The maximum atomic E-state index is 12.2. The standard InChI is InChI=1S/C11H15N5O2S2/c1-15-8-13-14-11(15)20-7-10(18)16(3-4-17)6-9-12-2-5-19-9/h2,5,8,17H,3-4,6-7H2,1H3. The first-order valence-electron chi connectivity index (χ1n) is 5.94. The van der Waals surface area contributed by atoms with Gasteiger partial charge in [0.15, 0.2) is 5.16 Å². The van der Waals surface area contributed by atoms with Gasteiger partial charge in [-0.15, -0.1) is 21.5 Å². The van der Waals surface area contributed by atoms with Crippen molar-refractivity contribution < 1.29 is 9.90 Å². The number of rotatable bonds is 7. The number of aliphatic hydroxyl groups is 1. The first-order valence-corrected chi connectivity index (χ1v) is 7.81. The highest BCUT2D eigenvalue weighted by Crippen LogP contribution is 2.15. The lowest BCUT2D eigenvalue weighted by atomic mass is 10.4. The molecule has 2 rings (SSSR count). The molecule has 0 aliphatic heterocycles. The van der Waals surface area contributed by atoms with Gasteiger partial charge in [0.1, 0.15) is 11.3 Å². The molecule has 0 spiro atoms. The number of thioether (sulfide) groups is 1. The van der Waals surface area contributed by atoms with Crippen LogP contribution in [0.5, 0.6) is 0 Å². The normalized spacial score (nSPS) is 10.7. The Bertz CT molecular complexity index is 543. The molecular formula is C11H15N5O2S2. The number of aromatic nitrogens is 4. The summed E-state index contributed by atoms with van der Waals surface area (Å²) in [5.74, 6) is 0.208. The van der Waals surface area contributed by atoms with Crippen molar-refractivity contribution in [2.75, 3.05) is 18.9 Å². The smallest absolute Gasteiger partial charge is 0.233 e. The van der Waals surface area contributed by atoms with Gasteiger partial charge in [0.2, 0.25) is 5.91 Å². The maximum Gasteiger partial charge on any atom is 0.233 e. The van der Waals surface area contributed by atoms with Crippen LogP contribution in [0.25, 0.3) is 0 Å². The Morgan fingerprint density at radius 3 is 3.05 bits per heavy atom. The van der Waals surface area contributed by atoms with Crippen LogP contribution in [-0.4, -0.2) is 54.6 Å². The van der Waals surface area contributed by atoms with Crippen molar-refractivity contribution in [1.82, 2.24) is 24.6 Å². The van der Waals surface area contributed by atoms with E-state index in [0.29, 0.717) is 18.2 Å². The number of thiazole rings is 1. The SMILES string of the molecule is Cn1cnnc1SCC(=O)N(CCO)Cc1nccs1. The first kappa shape index (κ1) is 14.9. The molecule has 0 saturated heterocycles. The minimum atomic E-state index is -0.0637. The third-order valence-electron chi connectivity index (χ3n) is 2.53. The van der Waals surface area contributed by atoms with Gasteiger partial charge >= 0.3 is 0 Å². The van der Waals surface area contributed by atoms with Crippen LogP contribution in [0.2, 0.25) is 0 Å². The van der Waals surface area contributed by atoms with Crippen molar-refractivity contribution in [3.05, 3.63) is 22.9 Å². The molecule has 0 bridgehead atoms. The number of hydrogen-bond donors (Lipinski definition) is 1. The molecule has 0 radical (unpaired) electrons.